The summed E-state index contributed by atoms with van der Waals surface area (Å²) in [7, 11) is 0. The average molecular weight is 350 g/mol. The Morgan fingerprint density at radius 1 is 1.05 bits per heavy atom. The zero-order valence-electron chi connectivity index (χ0n) is 11.0. The minimum Gasteiger partial charge on any atom is -0.217 e. The maximum absolute atomic E-state index is 14.1. The molecule has 0 bridgehead atoms. The van der Waals surface area contributed by atoms with Crippen LogP contribution in [0.5, 0.6) is 0 Å². The first-order valence-electron chi connectivity index (χ1n) is 6.39. The molecule has 0 saturated heterocycles. The van der Waals surface area contributed by atoms with E-state index in [-0.39, 0.29) is 16.1 Å². The van der Waals surface area contributed by atoms with E-state index < -0.39 is 0 Å². The predicted molar refractivity (Wildman–Crippen MR) is 83.6 cm³/mol. The number of rotatable bonds is 3. The van der Waals surface area contributed by atoms with Crippen molar-refractivity contribution in [2.24, 2.45) is 4.99 Å². The molecule has 2 aromatic carbocycles. The number of quaternary nitrogens is 1. The molecule has 1 aliphatic heterocycles. The number of hydrogen-bond acceptors (Lipinski definition) is 1. The fourth-order valence-corrected chi connectivity index (χ4v) is 2.67. The van der Waals surface area contributed by atoms with Gasteiger partial charge in [0, 0.05) is 22.2 Å². The van der Waals surface area contributed by atoms with E-state index in [1.165, 1.54) is 18.2 Å². The number of aliphatic imine (C=N–C) groups is 1. The number of nitrogens with zero attached hydrogens (tertiary/aromatic N) is 2. The van der Waals surface area contributed by atoms with Gasteiger partial charge in [-0.2, -0.15) is 0 Å². The van der Waals surface area contributed by atoms with Gasteiger partial charge in [-0.25, -0.2) is 18.3 Å². The molecule has 1 heterocycles. The van der Waals surface area contributed by atoms with Crippen molar-refractivity contribution in [3.8, 4) is 0 Å². The Labute approximate surface area is 129 Å². The van der Waals surface area contributed by atoms with E-state index in [1.54, 1.807) is 36.8 Å². The highest BCUT2D eigenvalue weighted by Gasteiger charge is 2.31. The molecule has 106 valence electrons. The summed E-state index contributed by atoms with van der Waals surface area (Å²) in [6.07, 6.45) is 5.24. The Morgan fingerprint density at radius 2 is 1.81 bits per heavy atom. The van der Waals surface area contributed by atoms with Gasteiger partial charge < -0.3 is 0 Å². The molecule has 1 atom stereocenters. The molecular formula is C16H12BrF2N2+. The van der Waals surface area contributed by atoms with Crippen molar-refractivity contribution in [2.45, 2.75) is 6.54 Å². The quantitative estimate of drug-likeness (QED) is 0.709. The summed E-state index contributed by atoms with van der Waals surface area (Å²) in [5.74, 6) is -0.579. The third-order valence-corrected chi connectivity index (χ3v) is 3.94. The smallest absolute Gasteiger partial charge is 0.200 e. The normalized spacial score (nSPS) is 20.1. The fourth-order valence-electron chi connectivity index (χ4n) is 2.34. The molecule has 21 heavy (non-hydrogen) atoms. The standard InChI is InChI=1S/C16H12BrF2N2/c17-13-2-1-12(16(19)9-13)10-21(8-7-20-11-21)15-5-3-14(18)4-6-15/h1-9,11H,10H2/q+1. The van der Waals surface area contributed by atoms with E-state index in [2.05, 4.69) is 20.9 Å². The summed E-state index contributed by atoms with van der Waals surface area (Å²) in [6.45, 7) is 0.380. The second-order valence-electron chi connectivity index (χ2n) is 4.86. The number of hydrogen-bond donors (Lipinski definition) is 0. The van der Waals surface area contributed by atoms with Crippen LogP contribution in [0.4, 0.5) is 14.5 Å². The molecule has 0 N–H and O–H groups in total. The fraction of sp³-hybridized carbons (Fsp3) is 0.0625. The molecule has 0 spiro atoms. The van der Waals surface area contributed by atoms with Crippen molar-refractivity contribution in [2.75, 3.05) is 0 Å². The molecule has 0 radical (unpaired) electrons. The zero-order chi connectivity index (χ0) is 14.9. The van der Waals surface area contributed by atoms with Gasteiger partial charge in [-0.15, -0.1) is 0 Å². The van der Waals surface area contributed by atoms with Crippen LogP contribution < -0.4 is 4.48 Å². The molecular weight excluding hydrogens is 338 g/mol. The summed E-state index contributed by atoms with van der Waals surface area (Å²) in [5, 5.41) is 0. The lowest BCUT2D eigenvalue weighted by molar-refractivity contribution is 0.520. The molecule has 0 aliphatic carbocycles. The van der Waals surface area contributed by atoms with Gasteiger partial charge in [0.15, 0.2) is 6.34 Å². The van der Waals surface area contributed by atoms with E-state index in [1.807, 2.05) is 6.20 Å². The van der Waals surface area contributed by atoms with Gasteiger partial charge in [0.05, 0.1) is 6.20 Å². The van der Waals surface area contributed by atoms with Crippen LogP contribution in [0, 0.1) is 11.6 Å². The Bertz CT molecular complexity index is 712. The van der Waals surface area contributed by atoms with Gasteiger partial charge in [-0.3, -0.25) is 0 Å². The third-order valence-electron chi connectivity index (χ3n) is 3.45. The molecule has 2 aromatic rings. The Hall–Kier alpha value is -1.85. The van der Waals surface area contributed by atoms with Gasteiger partial charge in [-0.05, 0) is 30.3 Å². The molecule has 3 rings (SSSR count). The summed E-state index contributed by atoms with van der Waals surface area (Å²) in [5.41, 5.74) is 1.40. The van der Waals surface area contributed by atoms with Gasteiger partial charge in [0.1, 0.15) is 30.1 Å². The molecule has 2 nitrogen and oxygen atoms in total. The highest BCUT2D eigenvalue weighted by molar-refractivity contribution is 9.10. The van der Waals surface area contributed by atoms with E-state index >= 15 is 0 Å². The largest absolute Gasteiger partial charge is 0.217 e. The average Bonchev–Trinajstić information content (AvgIpc) is 2.92. The Morgan fingerprint density at radius 3 is 2.43 bits per heavy atom. The van der Waals surface area contributed by atoms with Gasteiger partial charge in [0.2, 0.25) is 0 Å². The first kappa shape index (κ1) is 14.1. The zero-order valence-corrected chi connectivity index (χ0v) is 12.6. The Kier molecular flexibility index (Phi) is 3.69. The Balaban J connectivity index is 2.01. The molecule has 0 amide bonds. The molecule has 0 fully saturated rings. The predicted octanol–water partition coefficient (Wildman–Crippen LogP) is 4.75. The van der Waals surface area contributed by atoms with Crippen LogP contribution in [0.1, 0.15) is 5.56 Å². The highest BCUT2D eigenvalue weighted by Crippen LogP contribution is 2.29. The second-order valence-corrected chi connectivity index (χ2v) is 5.78. The number of benzene rings is 2. The van der Waals surface area contributed by atoms with Crippen molar-refractivity contribution in [3.05, 3.63) is 76.5 Å². The second kappa shape index (κ2) is 5.50. The van der Waals surface area contributed by atoms with Crippen molar-refractivity contribution in [1.82, 2.24) is 4.48 Å². The summed E-state index contributed by atoms with van der Waals surface area (Å²) >= 11 is 3.25. The summed E-state index contributed by atoms with van der Waals surface area (Å²) < 4.78 is 28.1. The van der Waals surface area contributed by atoms with Gasteiger partial charge in [0.25, 0.3) is 0 Å². The van der Waals surface area contributed by atoms with Crippen molar-refractivity contribution in [1.29, 1.82) is 0 Å². The summed E-state index contributed by atoms with van der Waals surface area (Å²) in [4.78, 5) is 4.12. The lowest BCUT2D eigenvalue weighted by atomic mass is 10.1. The molecule has 5 heteroatoms. The van der Waals surface area contributed by atoms with Crippen LogP contribution in [0.15, 0.2) is 64.3 Å². The van der Waals surface area contributed by atoms with E-state index in [4.69, 9.17) is 0 Å². The van der Waals surface area contributed by atoms with Crippen molar-refractivity contribution in [3.63, 3.8) is 0 Å². The lowest BCUT2D eigenvalue weighted by Crippen LogP contribution is -2.40. The van der Waals surface area contributed by atoms with Crippen molar-refractivity contribution < 1.29 is 8.78 Å². The van der Waals surface area contributed by atoms with Crippen LogP contribution >= 0.6 is 15.9 Å². The molecule has 1 aliphatic rings. The third kappa shape index (κ3) is 2.80. The topological polar surface area (TPSA) is 12.4 Å². The van der Waals surface area contributed by atoms with Crippen LogP contribution in [0.2, 0.25) is 0 Å². The highest BCUT2D eigenvalue weighted by atomic mass is 79.9. The maximum Gasteiger partial charge on any atom is 0.200 e. The van der Waals surface area contributed by atoms with Crippen LogP contribution in [0.3, 0.4) is 0 Å². The van der Waals surface area contributed by atoms with Crippen LogP contribution in [-0.4, -0.2) is 6.34 Å². The van der Waals surface area contributed by atoms with E-state index in [0.29, 0.717) is 16.6 Å². The number of halogens is 3. The molecule has 0 saturated carbocycles. The molecule has 0 aromatic heterocycles. The first-order chi connectivity index (χ1) is 10.1. The summed E-state index contributed by atoms with van der Waals surface area (Å²) in [6, 6.07) is 11.1. The van der Waals surface area contributed by atoms with Crippen LogP contribution in [0.25, 0.3) is 0 Å². The first-order valence-corrected chi connectivity index (χ1v) is 7.18. The SMILES string of the molecule is Fc1ccc([N+]2(Cc3ccc(Br)cc3F)C=CN=C2)cc1. The van der Waals surface area contributed by atoms with Crippen molar-refractivity contribution >= 4 is 28.0 Å². The van der Waals surface area contributed by atoms with E-state index in [0.717, 1.165) is 5.69 Å². The van der Waals surface area contributed by atoms with Gasteiger partial charge >= 0.3 is 0 Å². The maximum atomic E-state index is 14.1. The van der Waals surface area contributed by atoms with Gasteiger partial charge in [-0.1, -0.05) is 15.9 Å². The van der Waals surface area contributed by atoms with Crippen LogP contribution in [-0.2, 0) is 6.54 Å². The van der Waals surface area contributed by atoms with E-state index in [9.17, 15) is 8.78 Å². The monoisotopic (exact) mass is 349 g/mol. The minimum atomic E-state index is -0.299. The molecule has 1 unspecified atom stereocenters. The minimum absolute atomic E-state index is 0.235. The lowest BCUT2D eigenvalue weighted by Gasteiger charge is -2.27.